The van der Waals surface area contributed by atoms with Gasteiger partial charge in [-0.1, -0.05) is 0 Å². The fraction of sp³-hybridized carbons (Fsp3) is 0.222. The highest BCUT2D eigenvalue weighted by atomic mass is 79.9. The van der Waals surface area contributed by atoms with Crippen LogP contribution in [0.3, 0.4) is 0 Å². The highest BCUT2D eigenvalue weighted by Gasteiger charge is 2.08. The normalized spacial score (nSPS) is 9.93. The summed E-state index contributed by atoms with van der Waals surface area (Å²) in [5.74, 6) is -1.10. The number of esters is 1. The number of hydrogen-bond acceptors (Lipinski definition) is 3. The Morgan fingerprint density at radius 1 is 1.64 bits per heavy atom. The van der Waals surface area contributed by atoms with Gasteiger partial charge in [-0.05, 0) is 28.1 Å². The predicted molar refractivity (Wildman–Crippen MR) is 51.2 cm³/mol. The van der Waals surface area contributed by atoms with Crippen LogP contribution in [0.2, 0.25) is 0 Å². The first-order chi connectivity index (χ1) is 6.50. The van der Waals surface area contributed by atoms with Crippen LogP contribution in [0.4, 0.5) is 4.39 Å². The summed E-state index contributed by atoms with van der Waals surface area (Å²) in [5.41, 5.74) is 0.237. The van der Waals surface area contributed by atoms with Crippen LogP contribution in [0, 0.1) is 5.82 Å². The average molecular weight is 263 g/mol. The van der Waals surface area contributed by atoms with Crippen molar-refractivity contribution in [3.63, 3.8) is 0 Å². The lowest BCUT2D eigenvalue weighted by atomic mass is 10.2. The molecular formula is C9H8BrFO3. The van der Waals surface area contributed by atoms with Gasteiger partial charge in [0.2, 0.25) is 0 Å². The van der Waals surface area contributed by atoms with Gasteiger partial charge in [0.05, 0.1) is 4.47 Å². The zero-order chi connectivity index (χ0) is 10.7. The van der Waals surface area contributed by atoms with Gasteiger partial charge in [0.15, 0.2) is 0 Å². The molecule has 0 aliphatic rings. The summed E-state index contributed by atoms with van der Waals surface area (Å²) in [6.45, 7) is 1.11. The topological polar surface area (TPSA) is 46.5 Å². The smallest absolute Gasteiger partial charge is 0.302 e. The van der Waals surface area contributed by atoms with Gasteiger partial charge in [0.1, 0.15) is 18.2 Å². The Bertz CT molecular complexity index is 365. The molecule has 0 amide bonds. The highest BCUT2D eigenvalue weighted by molar-refractivity contribution is 9.10. The van der Waals surface area contributed by atoms with E-state index in [1.807, 2.05) is 0 Å². The summed E-state index contributed by atoms with van der Waals surface area (Å²) >= 11 is 2.92. The summed E-state index contributed by atoms with van der Waals surface area (Å²) in [6.07, 6.45) is 0. The maximum atomic E-state index is 13.0. The zero-order valence-electron chi connectivity index (χ0n) is 7.38. The second-order valence-corrected chi connectivity index (χ2v) is 3.53. The summed E-state index contributed by atoms with van der Waals surface area (Å²) in [4.78, 5) is 10.5. The summed E-state index contributed by atoms with van der Waals surface area (Å²) in [5, 5.41) is 9.34. The fourth-order valence-corrected chi connectivity index (χ4v) is 1.20. The monoisotopic (exact) mass is 262 g/mol. The lowest BCUT2D eigenvalue weighted by Crippen LogP contribution is -1.99. The summed E-state index contributed by atoms with van der Waals surface area (Å²) < 4.78 is 17.8. The molecule has 3 nitrogen and oxygen atoms in total. The molecule has 1 N–H and O–H groups in total. The van der Waals surface area contributed by atoms with E-state index in [0.29, 0.717) is 0 Å². The van der Waals surface area contributed by atoms with Crippen LogP contribution in [0.1, 0.15) is 12.5 Å². The standard InChI is InChI=1S/C9H8BrFO3/c1-5(12)14-4-6-2-8(11)7(10)3-9(6)13/h2-3,13H,4H2,1H3. The molecule has 5 heteroatoms. The van der Waals surface area contributed by atoms with Crippen LogP contribution < -0.4 is 0 Å². The van der Waals surface area contributed by atoms with Crippen molar-refractivity contribution in [2.45, 2.75) is 13.5 Å². The Labute approximate surface area is 88.6 Å². The Hall–Kier alpha value is -1.10. The van der Waals surface area contributed by atoms with Crippen LogP contribution in [0.25, 0.3) is 0 Å². The fourth-order valence-electron chi connectivity index (χ4n) is 0.873. The number of ether oxygens (including phenoxy) is 1. The molecule has 0 aliphatic heterocycles. The van der Waals surface area contributed by atoms with Crippen molar-refractivity contribution in [3.05, 3.63) is 28.0 Å². The lowest BCUT2D eigenvalue weighted by Gasteiger charge is -2.05. The molecule has 0 spiro atoms. The average Bonchev–Trinajstić information content (AvgIpc) is 2.09. The van der Waals surface area contributed by atoms with Crippen LogP contribution >= 0.6 is 15.9 Å². The second kappa shape index (κ2) is 4.41. The molecule has 14 heavy (non-hydrogen) atoms. The highest BCUT2D eigenvalue weighted by Crippen LogP contribution is 2.26. The summed E-state index contributed by atoms with van der Waals surface area (Å²) in [7, 11) is 0. The third-order valence-electron chi connectivity index (χ3n) is 1.55. The van der Waals surface area contributed by atoms with Crippen LogP contribution in [0.5, 0.6) is 5.75 Å². The minimum atomic E-state index is -0.509. The molecule has 0 bridgehead atoms. The molecule has 0 radical (unpaired) electrons. The number of carbonyl (C=O) groups is 1. The first-order valence-corrected chi connectivity index (χ1v) is 4.60. The van der Waals surface area contributed by atoms with Crippen molar-refractivity contribution in [2.75, 3.05) is 0 Å². The van der Waals surface area contributed by atoms with Gasteiger partial charge in [-0.25, -0.2) is 4.39 Å². The van der Waals surface area contributed by atoms with E-state index in [2.05, 4.69) is 20.7 Å². The van der Waals surface area contributed by atoms with Gasteiger partial charge in [0, 0.05) is 12.5 Å². The van der Waals surface area contributed by atoms with E-state index in [4.69, 9.17) is 0 Å². The maximum absolute atomic E-state index is 13.0. The molecule has 0 fully saturated rings. The SMILES string of the molecule is CC(=O)OCc1cc(F)c(Br)cc1O. The van der Waals surface area contributed by atoms with E-state index in [9.17, 15) is 14.3 Å². The number of benzene rings is 1. The van der Waals surface area contributed by atoms with Crippen LogP contribution in [-0.2, 0) is 16.1 Å². The Kier molecular flexibility index (Phi) is 3.46. The number of phenols is 1. The third-order valence-corrected chi connectivity index (χ3v) is 2.16. The van der Waals surface area contributed by atoms with Crippen molar-refractivity contribution in [1.82, 2.24) is 0 Å². The minimum absolute atomic E-state index is 0.112. The molecule has 1 aromatic carbocycles. The van der Waals surface area contributed by atoms with Gasteiger partial charge in [-0.3, -0.25) is 4.79 Å². The van der Waals surface area contributed by atoms with Gasteiger partial charge < -0.3 is 9.84 Å². The summed E-state index contributed by atoms with van der Waals surface area (Å²) in [6, 6.07) is 2.33. The number of rotatable bonds is 2. The molecule has 1 aromatic rings. The Morgan fingerprint density at radius 3 is 2.86 bits per heavy atom. The van der Waals surface area contributed by atoms with Crippen molar-refractivity contribution in [3.8, 4) is 5.75 Å². The van der Waals surface area contributed by atoms with Gasteiger partial charge in [0.25, 0.3) is 0 Å². The van der Waals surface area contributed by atoms with Crippen molar-refractivity contribution in [2.24, 2.45) is 0 Å². The Balaban J connectivity index is 2.87. The minimum Gasteiger partial charge on any atom is -0.507 e. The molecule has 0 saturated heterocycles. The molecule has 0 atom stereocenters. The number of halogens is 2. The van der Waals surface area contributed by atoms with E-state index in [0.717, 1.165) is 6.07 Å². The molecule has 1 rings (SSSR count). The quantitative estimate of drug-likeness (QED) is 0.833. The first-order valence-electron chi connectivity index (χ1n) is 3.81. The van der Waals surface area contributed by atoms with Crippen molar-refractivity contribution < 1.29 is 19.0 Å². The van der Waals surface area contributed by atoms with Gasteiger partial charge in [-0.15, -0.1) is 0 Å². The molecular weight excluding hydrogens is 255 g/mol. The van der Waals surface area contributed by atoms with Crippen LogP contribution in [-0.4, -0.2) is 11.1 Å². The molecule has 0 heterocycles. The van der Waals surface area contributed by atoms with E-state index in [1.54, 1.807) is 0 Å². The molecule has 0 aromatic heterocycles. The molecule has 0 unspecified atom stereocenters. The zero-order valence-corrected chi connectivity index (χ0v) is 8.97. The number of carbonyl (C=O) groups excluding carboxylic acids is 1. The van der Waals surface area contributed by atoms with Crippen molar-refractivity contribution in [1.29, 1.82) is 0 Å². The number of aromatic hydroxyl groups is 1. The maximum Gasteiger partial charge on any atom is 0.302 e. The molecule has 76 valence electrons. The molecule has 0 saturated carbocycles. The molecule has 0 aliphatic carbocycles. The lowest BCUT2D eigenvalue weighted by molar-refractivity contribution is -0.142. The first kappa shape index (κ1) is 11.0. The van der Waals surface area contributed by atoms with E-state index >= 15 is 0 Å². The predicted octanol–water partition coefficient (Wildman–Crippen LogP) is 2.36. The second-order valence-electron chi connectivity index (χ2n) is 2.68. The van der Waals surface area contributed by atoms with Gasteiger partial charge >= 0.3 is 5.97 Å². The Morgan fingerprint density at radius 2 is 2.29 bits per heavy atom. The van der Waals surface area contributed by atoms with Crippen molar-refractivity contribution >= 4 is 21.9 Å². The van der Waals surface area contributed by atoms with E-state index < -0.39 is 11.8 Å². The van der Waals surface area contributed by atoms with Crippen LogP contribution in [0.15, 0.2) is 16.6 Å². The third kappa shape index (κ3) is 2.70. The largest absolute Gasteiger partial charge is 0.507 e. The van der Waals surface area contributed by atoms with Gasteiger partial charge in [-0.2, -0.15) is 0 Å². The number of phenolic OH excluding ortho intramolecular Hbond substituents is 1. The number of hydrogen-bond donors (Lipinski definition) is 1. The van der Waals surface area contributed by atoms with E-state index in [1.165, 1.54) is 13.0 Å². The van der Waals surface area contributed by atoms with E-state index in [-0.39, 0.29) is 22.4 Å².